The highest BCUT2D eigenvalue weighted by atomic mass is 32.2. The Labute approximate surface area is 122 Å². The second-order valence-corrected chi connectivity index (χ2v) is 6.50. The molecule has 120 valence electrons. The van der Waals surface area contributed by atoms with Gasteiger partial charge >= 0.3 is 6.18 Å². The van der Waals surface area contributed by atoms with E-state index in [4.69, 9.17) is 5.11 Å². The van der Waals surface area contributed by atoms with E-state index >= 15 is 0 Å². The first kappa shape index (κ1) is 17.9. The van der Waals surface area contributed by atoms with Gasteiger partial charge in [0, 0.05) is 12.6 Å². The minimum absolute atomic E-state index is 0.0747. The van der Waals surface area contributed by atoms with Crippen LogP contribution in [0.15, 0.2) is 23.1 Å². The molecular formula is C13H18F3NO3S. The fourth-order valence-electron chi connectivity index (χ4n) is 2.00. The molecule has 4 nitrogen and oxygen atoms in total. The van der Waals surface area contributed by atoms with Crippen molar-refractivity contribution in [2.45, 2.75) is 43.8 Å². The lowest BCUT2D eigenvalue weighted by molar-refractivity contribution is -0.138. The van der Waals surface area contributed by atoms with Gasteiger partial charge in [0.05, 0.1) is 10.5 Å². The number of rotatable bonds is 6. The van der Waals surface area contributed by atoms with Crippen LogP contribution in [0.2, 0.25) is 0 Å². The molecule has 8 heteroatoms. The summed E-state index contributed by atoms with van der Waals surface area (Å²) in [5.74, 6) is 0. The van der Waals surface area contributed by atoms with E-state index in [9.17, 15) is 21.6 Å². The summed E-state index contributed by atoms with van der Waals surface area (Å²) >= 11 is 0. The van der Waals surface area contributed by atoms with Crippen LogP contribution in [-0.4, -0.2) is 26.2 Å². The summed E-state index contributed by atoms with van der Waals surface area (Å²) in [6.07, 6.45) is -3.79. The first-order valence-electron chi connectivity index (χ1n) is 6.39. The topological polar surface area (TPSA) is 66.4 Å². The molecule has 0 saturated carbocycles. The lowest BCUT2D eigenvalue weighted by atomic mass is 10.1. The number of aliphatic hydroxyl groups is 1. The van der Waals surface area contributed by atoms with E-state index in [1.54, 1.807) is 6.92 Å². The molecule has 0 aromatic heterocycles. The van der Waals surface area contributed by atoms with Gasteiger partial charge in [-0.2, -0.15) is 13.2 Å². The molecule has 0 fully saturated rings. The van der Waals surface area contributed by atoms with Crippen LogP contribution in [-0.2, 0) is 16.2 Å². The normalized spacial score (nSPS) is 14.2. The maximum Gasteiger partial charge on any atom is 0.416 e. The van der Waals surface area contributed by atoms with Crippen LogP contribution < -0.4 is 4.72 Å². The fraction of sp³-hybridized carbons (Fsp3) is 0.538. The summed E-state index contributed by atoms with van der Waals surface area (Å²) in [4.78, 5) is -0.381. The van der Waals surface area contributed by atoms with Crippen molar-refractivity contribution >= 4 is 10.0 Å². The Morgan fingerprint density at radius 1 is 1.33 bits per heavy atom. The minimum atomic E-state index is -4.60. The molecular weight excluding hydrogens is 307 g/mol. The van der Waals surface area contributed by atoms with Gasteiger partial charge < -0.3 is 5.11 Å². The minimum Gasteiger partial charge on any atom is -0.396 e. The maximum atomic E-state index is 12.8. The molecule has 1 aromatic carbocycles. The zero-order valence-electron chi connectivity index (χ0n) is 11.7. The van der Waals surface area contributed by atoms with Crippen molar-refractivity contribution in [3.8, 4) is 0 Å². The van der Waals surface area contributed by atoms with Gasteiger partial charge in [0.15, 0.2) is 0 Å². The molecule has 0 spiro atoms. The number of nitrogens with one attached hydrogen (secondary N) is 1. The first-order valence-corrected chi connectivity index (χ1v) is 7.88. The summed E-state index contributed by atoms with van der Waals surface area (Å²) < 4.78 is 65.1. The molecule has 0 heterocycles. The second-order valence-electron chi connectivity index (χ2n) is 4.81. The predicted molar refractivity (Wildman–Crippen MR) is 72.3 cm³/mol. The van der Waals surface area contributed by atoms with Gasteiger partial charge in [-0.15, -0.1) is 0 Å². The van der Waals surface area contributed by atoms with E-state index in [2.05, 4.69) is 4.72 Å². The SMILES string of the molecule is Cc1c(C(F)(F)F)cccc1S(=O)(=O)NC(C)CCCO. The summed E-state index contributed by atoms with van der Waals surface area (Å²) in [7, 11) is -4.04. The first-order chi connectivity index (χ1) is 9.59. The van der Waals surface area contributed by atoms with Crippen LogP contribution in [0.4, 0.5) is 13.2 Å². The number of sulfonamides is 1. The number of halogens is 3. The van der Waals surface area contributed by atoms with Crippen LogP contribution in [0, 0.1) is 6.92 Å². The molecule has 0 saturated heterocycles. The van der Waals surface area contributed by atoms with E-state index in [1.807, 2.05) is 0 Å². The van der Waals surface area contributed by atoms with E-state index in [0.717, 1.165) is 25.1 Å². The maximum absolute atomic E-state index is 12.8. The third-order valence-corrected chi connectivity index (χ3v) is 4.76. The Hall–Kier alpha value is -1.12. The van der Waals surface area contributed by atoms with E-state index < -0.39 is 27.8 Å². The van der Waals surface area contributed by atoms with Crippen LogP contribution in [0.1, 0.15) is 30.9 Å². The molecule has 1 atom stereocenters. The van der Waals surface area contributed by atoms with Crippen LogP contribution in [0.25, 0.3) is 0 Å². The molecule has 1 unspecified atom stereocenters. The molecule has 2 N–H and O–H groups in total. The lowest BCUT2D eigenvalue weighted by Crippen LogP contribution is -2.33. The highest BCUT2D eigenvalue weighted by Gasteiger charge is 2.34. The highest BCUT2D eigenvalue weighted by Crippen LogP contribution is 2.34. The highest BCUT2D eigenvalue weighted by molar-refractivity contribution is 7.89. The second kappa shape index (κ2) is 6.76. The summed E-state index contributed by atoms with van der Waals surface area (Å²) in [6, 6.07) is 2.59. The van der Waals surface area contributed by atoms with E-state index in [1.165, 1.54) is 0 Å². The standard InChI is InChI=1S/C13H18F3NO3S/c1-9(5-4-8-18)17-21(19,20)12-7-3-6-11(10(12)2)13(14,15)16/h3,6-7,9,17-18H,4-5,8H2,1-2H3. The Morgan fingerprint density at radius 3 is 2.48 bits per heavy atom. The van der Waals surface area contributed by atoms with E-state index in [0.29, 0.717) is 12.8 Å². The number of hydrogen-bond donors (Lipinski definition) is 2. The Kier molecular flexibility index (Phi) is 5.77. The Balaban J connectivity index is 3.10. The van der Waals surface area contributed by atoms with Crippen LogP contribution in [0.5, 0.6) is 0 Å². The zero-order valence-corrected chi connectivity index (χ0v) is 12.6. The van der Waals surface area contributed by atoms with E-state index in [-0.39, 0.29) is 17.1 Å². The molecule has 1 rings (SSSR count). The average Bonchev–Trinajstić information content (AvgIpc) is 2.34. The van der Waals surface area contributed by atoms with Crippen LogP contribution >= 0.6 is 0 Å². The molecule has 21 heavy (non-hydrogen) atoms. The lowest BCUT2D eigenvalue weighted by Gasteiger charge is -2.17. The monoisotopic (exact) mass is 325 g/mol. The van der Waals surface area contributed by atoms with Crippen molar-refractivity contribution in [1.29, 1.82) is 0 Å². The zero-order chi connectivity index (χ0) is 16.3. The van der Waals surface area contributed by atoms with Gasteiger partial charge in [0.2, 0.25) is 10.0 Å². The van der Waals surface area contributed by atoms with Crippen molar-refractivity contribution in [3.05, 3.63) is 29.3 Å². The number of hydrogen-bond acceptors (Lipinski definition) is 3. The Bertz CT molecular complexity index is 585. The molecule has 0 amide bonds. The van der Waals surface area contributed by atoms with Crippen molar-refractivity contribution in [2.75, 3.05) is 6.61 Å². The summed E-state index contributed by atoms with van der Waals surface area (Å²) in [5.41, 5.74) is -1.29. The van der Waals surface area contributed by atoms with Crippen molar-refractivity contribution in [2.24, 2.45) is 0 Å². The average molecular weight is 325 g/mol. The smallest absolute Gasteiger partial charge is 0.396 e. The van der Waals surface area contributed by atoms with Crippen molar-refractivity contribution in [3.63, 3.8) is 0 Å². The molecule has 0 aliphatic rings. The number of benzene rings is 1. The summed E-state index contributed by atoms with van der Waals surface area (Å²) in [5, 5.41) is 8.70. The quantitative estimate of drug-likeness (QED) is 0.844. The molecule has 0 aliphatic carbocycles. The van der Waals surface area contributed by atoms with Gasteiger partial charge in [-0.25, -0.2) is 13.1 Å². The van der Waals surface area contributed by atoms with Gasteiger partial charge in [-0.3, -0.25) is 0 Å². The molecule has 0 aliphatic heterocycles. The van der Waals surface area contributed by atoms with Gasteiger partial charge in [-0.05, 0) is 44.4 Å². The van der Waals surface area contributed by atoms with Gasteiger partial charge in [-0.1, -0.05) is 6.07 Å². The predicted octanol–water partition coefficient (Wildman–Crippen LogP) is 2.45. The fourth-order valence-corrected chi connectivity index (χ4v) is 3.54. The van der Waals surface area contributed by atoms with Gasteiger partial charge in [0.1, 0.15) is 0 Å². The van der Waals surface area contributed by atoms with Crippen molar-refractivity contribution < 1.29 is 26.7 Å². The third kappa shape index (κ3) is 4.69. The molecule has 0 radical (unpaired) electrons. The van der Waals surface area contributed by atoms with Crippen LogP contribution in [0.3, 0.4) is 0 Å². The largest absolute Gasteiger partial charge is 0.416 e. The molecule has 0 bridgehead atoms. The Morgan fingerprint density at radius 2 is 1.95 bits per heavy atom. The third-order valence-electron chi connectivity index (χ3n) is 3.03. The van der Waals surface area contributed by atoms with Crippen molar-refractivity contribution in [1.82, 2.24) is 4.72 Å². The molecule has 1 aromatic rings. The van der Waals surface area contributed by atoms with Gasteiger partial charge in [0.25, 0.3) is 0 Å². The summed E-state index contributed by atoms with van der Waals surface area (Å²) in [6.45, 7) is 2.65. The number of aliphatic hydroxyl groups excluding tert-OH is 1. The number of alkyl halides is 3.